The number of unbranched alkanes of at least 4 members (excludes halogenated alkanes) is 3. The molecule has 0 unspecified atom stereocenters. The summed E-state index contributed by atoms with van der Waals surface area (Å²) in [6.07, 6.45) is 7.35. The molecule has 0 atom stereocenters. The van der Waals surface area contributed by atoms with Crippen molar-refractivity contribution >= 4 is 40.0 Å². The van der Waals surface area contributed by atoms with Crippen molar-refractivity contribution in [3.8, 4) is 9.86 Å². The van der Waals surface area contributed by atoms with Gasteiger partial charge in [0.1, 0.15) is 0 Å². The second kappa shape index (κ2) is 12.0. The summed E-state index contributed by atoms with van der Waals surface area (Å²) in [5, 5.41) is 11.3. The maximum absolute atomic E-state index is 11.3. The average molecular weight is 515 g/mol. The van der Waals surface area contributed by atoms with Crippen LogP contribution >= 0.6 is 15.9 Å². The van der Waals surface area contributed by atoms with Crippen molar-refractivity contribution in [2.75, 3.05) is 0 Å². The van der Waals surface area contributed by atoms with Gasteiger partial charge in [-0.25, -0.2) is 0 Å². The van der Waals surface area contributed by atoms with Crippen LogP contribution in [-0.2, 0) is 0 Å². The van der Waals surface area contributed by atoms with Gasteiger partial charge >= 0.3 is 166 Å². The third-order valence-corrected chi connectivity index (χ3v) is 18.4. The Kier molecular flexibility index (Phi) is 10.8. The molecular weight excluding hydrogens is 485 g/mol. The van der Waals surface area contributed by atoms with E-state index >= 15 is 0 Å². The fourth-order valence-electron chi connectivity index (χ4n) is 3.09. The molecule has 0 aromatic heterocycles. The molecule has 5 heteroatoms. The van der Waals surface area contributed by atoms with E-state index in [2.05, 4.69) is 46.6 Å². The van der Waals surface area contributed by atoms with Crippen molar-refractivity contribution in [3.63, 3.8) is 0 Å². The number of hydrogen-bond donors (Lipinski definition) is 0. The van der Waals surface area contributed by atoms with Crippen LogP contribution in [0.2, 0.25) is 13.3 Å². The van der Waals surface area contributed by atoms with Gasteiger partial charge < -0.3 is 0 Å². The van der Waals surface area contributed by atoms with Crippen LogP contribution in [0.3, 0.4) is 0 Å². The van der Waals surface area contributed by atoms with Crippen molar-refractivity contribution in [1.82, 2.24) is 0 Å². The molecule has 25 heavy (non-hydrogen) atoms. The number of nitro benzene ring substituents is 1. The minimum atomic E-state index is -2.60. The van der Waals surface area contributed by atoms with Crippen LogP contribution in [0.1, 0.15) is 64.9 Å². The van der Waals surface area contributed by atoms with E-state index in [4.69, 9.17) is 0 Å². The molecule has 0 aliphatic rings. The van der Waals surface area contributed by atoms with E-state index in [1.165, 1.54) is 51.8 Å². The van der Waals surface area contributed by atoms with Crippen LogP contribution in [0.5, 0.6) is 0 Å². The van der Waals surface area contributed by atoms with Crippen molar-refractivity contribution in [2.45, 2.75) is 72.6 Å². The maximum atomic E-state index is 11.3. The molecule has 0 saturated heterocycles. The first kappa shape index (κ1) is 22.5. The van der Waals surface area contributed by atoms with Gasteiger partial charge in [0.25, 0.3) is 0 Å². The van der Waals surface area contributed by atoms with Crippen LogP contribution in [0.4, 0.5) is 5.69 Å². The molecule has 138 valence electrons. The summed E-state index contributed by atoms with van der Waals surface area (Å²) < 4.78 is 8.31. The van der Waals surface area contributed by atoms with Gasteiger partial charge in [0, 0.05) is 0 Å². The van der Waals surface area contributed by atoms with Gasteiger partial charge in [0.05, 0.1) is 0 Å². The van der Waals surface area contributed by atoms with Gasteiger partial charge in [0.15, 0.2) is 0 Å². The van der Waals surface area contributed by atoms with E-state index in [1.807, 2.05) is 6.07 Å². The monoisotopic (exact) mass is 515 g/mol. The zero-order chi connectivity index (χ0) is 18.7. The van der Waals surface area contributed by atoms with E-state index < -0.39 is 18.4 Å². The quantitative estimate of drug-likeness (QED) is 0.145. The fourth-order valence-corrected chi connectivity index (χ4v) is 16.7. The molecule has 1 aromatic rings. The summed E-state index contributed by atoms with van der Waals surface area (Å²) in [6, 6.07) is 5.10. The SMILES string of the molecule is CCC[CH2][Sn]([C]#Cc1c(Br)cccc1[N+](=O)[O-])([CH2]CCC)[CH2]CCC. The summed E-state index contributed by atoms with van der Waals surface area (Å²) in [7, 11) is 0. The Balaban J connectivity index is 3.28. The predicted molar refractivity (Wildman–Crippen MR) is 113 cm³/mol. The van der Waals surface area contributed by atoms with Crippen LogP contribution in [0.15, 0.2) is 22.7 Å². The molecule has 1 aromatic carbocycles. The van der Waals surface area contributed by atoms with Crippen molar-refractivity contribution in [1.29, 1.82) is 0 Å². The van der Waals surface area contributed by atoms with Crippen LogP contribution in [0, 0.1) is 20.0 Å². The molecule has 0 radical (unpaired) electrons. The van der Waals surface area contributed by atoms with Gasteiger partial charge in [0.2, 0.25) is 0 Å². The molecule has 0 aliphatic heterocycles. The fraction of sp³-hybridized carbons (Fsp3) is 0.600. The molecule has 1 rings (SSSR count). The molecule has 0 aliphatic carbocycles. The molecule has 0 spiro atoms. The first-order valence-corrected chi connectivity index (χ1v) is 17.7. The Morgan fingerprint density at radius 1 is 1.04 bits per heavy atom. The van der Waals surface area contributed by atoms with Crippen LogP contribution < -0.4 is 0 Å². The van der Waals surface area contributed by atoms with Gasteiger partial charge in [-0.05, 0) is 0 Å². The summed E-state index contributed by atoms with van der Waals surface area (Å²) >= 11 is 0.859. The molecule has 0 fully saturated rings. The minimum absolute atomic E-state index is 0.114. The van der Waals surface area contributed by atoms with E-state index in [9.17, 15) is 10.1 Å². The van der Waals surface area contributed by atoms with E-state index in [0.717, 1.165) is 4.47 Å². The van der Waals surface area contributed by atoms with Gasteiger partial charge in [-0.15, -0.1) is 0 Å². The Labute approximate surface area is 165 Å². The molecule has 0 bridgehead atoms. The number of hydrogen-bond acceptors (Lipinski definition) is 2. The summed E-state index contributed by atoms with van der Waals surface area (Å²) in [5.41, 5.74) is 0.668. The standard InChI is InChI=1S/C8H3BrNO2.3C4H9.Sn/c1-2-6-7(9)4-3-5-8(6)10(11)12;3*1-3-4-2;/h3-5H;3*1,3-4H2,2H3;. The van der Waals surface area contributed by atoms with E-state index in [-0.39, 0.29) is 10.6 Å². The number of rotatable bonds is 10. The number of halogens is 1. The van der Waals surface area contributed by atoms with Gasteiger partial charge in [-0.3, -0.25) is 0 Å². The molecular formula is C20H30BrNO2Sn. The second-order valence-corrected chi connectivity index (χ2v) is 19.9. The number of nitro groups is 1. The van der Waals surface area contributed by atoms with Crippen molar-refractivity contribution in [3.05, 3.63) is 38.3 Å². The zero-order valence-corrected chi connectivity index (χ0v) is 20.2. The molecule has 0 saturated carbocycles. The molecule has 0 N–H and O–H groups in total. The van der Waals surface area contributed by atoms with Gasteiger partial charge in [-0.1, -0.05) is 0 Å². The summed E-state index contributed by atoms with van der Waals surface area (Å²) in [5.74, 6) is 3.29. The zero-order valence-electron chi connectivity index (χ0n) is 15.7. The van der Waals surface area contributed by atoms with Crippen molar-refractivity contribution in [2.24, 2.45) is 0 Å². The Hall–Kier alpha value is -0.541. The summed E-state index contributed by atoms with van der Waals surface area (Å²) in [6.45, 7) is 6.72. The topological polar surface area (TPSA) is 43.1 Å². The van der Waals surface area contributed by atoms with Crippen LogP contribution in [-0.4, -0.2) is 23.3 Å². The number of benzene rings is 1. The van der Waals surface area contributed by atoms with Gasteiger partial charge in [-0.2, -0.15) is 0 Å². The average Bonchev–Trinajstić information content (AvgIpc) is 2.61. The molecule has 0 amide bonds. The Morgan fingerprint density at radius 2 is 1.56 bits per heavy atom. The first-order chi connectivity index (χ1) is 12.0. The van der Waals surface area contributed by atoms with Crippen LogP contribution in [0.25, 0.3) is 0 Å². The Morgan fingerprint density at radius 3 is 2.00 bits per heavy atom. The first-order valence-electron chi connectivity index (χ1n) is 9.45. The molecule has 3 nitrogen and oxygen atoms in total. The third kappa shape index (κ3) is 7.30. The normalized spacial score (nSPS) is 11.0. The van der Waals surface area contributed by atoms with E-state index in [1.54, 1.807) is 12.1 Å². The molecule has 0 heterocycles. The van der Waals surface area contributed by atoms with Crippen molar-refractivity contribution < 1.29 is 4.92 Å². The Bertz CT molecular complexity index is 600. The predicted octanol–water partition coefficient (Wildman–Crippen LogP) is 7.10. The number of nitrogens with zero attached hydrogens (tertiary/aromatic N) is 1. The third-order valence-electron chi connectivity index (χ3n) is 4.67. The van der Waals surface area contributed by atoms with E-state index in [0.29, 0.717) is 5.56 Å². The summed E-state index contributed by atoms with van der Waals surface area (Å²) in [4.78, 5) is 11.0. The second-order valence-electron chi connectivity index (χ2n) is 6.73.